The topological polar surface area (TPSA) is 138 Å². The minimum Gasteiger partial charge on any atom is -0.493 e. The number of ether oxygens (including phenoxy) is 1. The molecular formula is C26H34F3N5O5S. The molecule has 0 saturated heterocycles. The van der Waals surface area contributed by atoms with Gasteiger partial charge >= 0.3 is 6.18 Å². The Balaban J connectivity index is 1.86. The number of nitrogens with zero attached hydrogens (tertiary/aromatic N) is 5. The van der Waals surface area contributed by atoms with Gasteiger partial charge in [-0.15, -0.1) is 0 Å². The van der Waals surface area contributed by atoms with Gasteiger partial charge in [0.15, 0.2) is 11.6 Å². The van der Waals surface area contributed by atoms with E-state index in [0.717, 1.165) is 13.8 Å². The van der Waals surface area contributed by atoms with Gasteiger partial charge in [-0.05, 0) is 50.7 Å². The van der Waals surface area contributed by atoms with Gasteiger partial charge < -0.3 is 14.7 Å². The second kappa shape index (κ2) is 11.4. The van der Waals surface area contributed by atoms with Crippen molar-refractivity contribution in [3.63, 3.8) is 0 Å². The summed E-state index contributed by atoms with van der Waals surface area (Å²) in [5.41, 5.74) is -3.10. The van der Waals surface area contributed by atoms with Gasteiger partial charge in [0.05, 0.1) is 23.4 Å². The summed E-state index contributed by atoms with van der Waals surface area (Å²) in [6, 6.07) is 3.29. The molecule has 1 aliphatic rings. The number of likely N-dealkylation sites (N-methyl/N-ethyl adjacent to an activating group) is 1. The van der Waals surface area contributed by atoms with E-state index in [1.165, 1.54) is 41.3 Å². The van der Waals surface area contributed by atoms with Crippen LogP contribution in [0.4, 0.5) is 13.2 Å². The molecule has 0 bridgehead atoms. The zero-order chi connectivity index (χ0) is 30.1. The van der Waals surface area contributed by atoms with Gasteiger partial charge in [0.25, 0.3) is 5.91 Å². The lowest BCUT2D eigenvalue weighted by atomic mass is 9.84. The Morgan fingerprint density at radius 1 is 1.32 bits per heavy atom. The monoisotopic (exact) mass is 585 g/mol. The van der Waals surface area contributed by atoms with E-state index < -0.39 is 38.2 Å². The number of aromatic nitrogens is 3. The highest BCUT2D eigenvalue weighted by Gasteiger charge is 2.47. The second-order valence-corrected chi connectivity index (χ2v) is 13.3. The van der Waals surface area contributed by atoms with Crippen LogP contribution in [0.5, 0.6) is 5.75 Å². The minimum absolute atomic E-state index is 0.0428. The summed E-state index contributed by atoms with van der Waals surface area (Å²) < 4.78 is 70.5. The number of imidazole rings is 1. The third-order valence-electron chi connectivity index (χ3n) is 7.40. The van der Waals surface area contributed by atoms with Crippen LogP contribution in [-0.2, 0) is 16.3 Å². The van der Waals surface area contributed by atoms with Gasteiger partial charge in [-0.3, -0.25) is 9.36 Å². The summed E-state index contributed by atoms with van der Waals surface area (Å²) in [5, 5.41) is 20.3. The Kier molecular flexibility index (Phi) is 8.91. The number of hydrogen-bond donors (Lipinski definition) is 1. The fraction of sp³-hybridized carbons (Fsp3) is 0.615. The Morgan fingerprint density at radius 2 is 1.95 bits per heavy atom. The molecule has 14 heteroatoms. The quantitative estimate of drug-likeness (QED) is 0.472. The molecule has 1 amide bonds. The van der Waals surface area contributed by atoms with Gasteiger partial charge in [-0.1, -0.05) is 13.8 Å². The maximum absolute atomic E-state index is 13.4. The van der Waals surface area contributed by atoms with E-state index in [0.29, 0.717) is 0 Å². The lowest BCUT2D eigenvalue weighted by molar-refractivity contribution is -0.211. The molecule has 1 aliphatic carbocycles. The first-order chi connectivity index (χ1) is 18.4. The van der Waals surface area contributed by atoms with E-state index in [4.69, 9.17) is 4.74 Å². The van der Waals surface area contributed by atoms with E-state index in [-0.39, 0.29) is 73.8 Å². The van der Waals surface area contributed by atoms with Crippen molar-refractivity contribution in [2.24, 2.45) is 5.41 Å². The molecule has 0 unspecified atom stereocenters. The van der Waals surface area contributed by atoms with Crippen molar-refractivity contribution in [2.45, 2.75) is 69.9 Å². The molecular weight excluding hydrogens is 551 g/mol. The summed E-state index contributed by atoms with van der Waals surface area (Å²) in [4.78, 5) is 23.1. The third-order valence-corrected chi connectivity index (χ3v) is 9.08. The SMILES string of the molecule is CCN(CC1(O)CCC(S(C)(=O)=O)CC1)C(=O)c1cn(-c2ncc(CC(C)(C)C(F)(F)F)cc2OC)c(C#N)n1. The molecule has 220 valence electrons. The molecule has 2 heterocycles. The van der Waals surface area contributed by atoms with Crippen molar-refractivity contribution in [3.8, 4) is 17.6 Å². The van der Waals surface area contributed by atoms with Gasteiger partial charge in [0.2, 0.25) is 5.82 Å². The lowest BCUT2D eigenvalue weighted by Gasteiger charge is -2.38. The minimum atomic E-state index is -4.43. The second-order valence-electron chi connectivity index (χ2n) is 10.9. The van der Waals surface area contributed by atoms with Crippen LogP contribution in [0.15, 0.2) is 18.5 Å². The standard InChI is InChI=1S/C26H34F3N5O5S/c1-6-33(16-25(36)9-7-18(8-10-25)40(5,37)38)23(35)19-15-34(21(13-30)32-19)22-20(39-4)11-17(14-31-22)12-24(2,3)26(27,28)29/h11,14-15,18,36H,6-10,12,16H2,1-5H3. The number of methoxy groups -OCH3 is 1. The van der Waals surface area contributed by atoms with Crippen LogP contribution in [0.1, 0.15) is 68.3 Å². The summed E-state index contributed by atoms with van der Waals surface area (Å²) in [7, 11) is -1.91. The molecule has 2 aromatic heterocycles. The summed E-state index contributed by atoms with van der Waals surface area (Å²) in [6.45, 7) is 4.07. The van der Waals surface area contributed by atoms with Crippen molar-refractivity contribution in [3.05, 3.63) is 35.5 Å². The number of aliphatic hydroxyl groups is 1. The Morgan fingerprint density at radius 3 is 2.45 bits per heavy atom. The highest BCUT2D eigenvalue weighted by Crippen LogP contribution is 2.40. The average molecular weight is 586 g/mol. The maximum atomic E-state index is 13.4. The Hall–Kier alpha value is -3.18. The number of pyridine rings is 1. The molecule has 40 heavy (non-hydrogen) atoms. The number of alkyl halides is 3. The van der Waals surface area contributed by atoms with E-state index in [2.05, 4.69) is 9.97 Å². The van der Waals surface area contributed by atoms with Crippen molar-refractivity contribution in [2.75, 3.05) is 26.5 Å². The molecule has 2 aromatic rings. The van der Waals surface area contributed by atoms with Crippen molar-refractivity contribution in [1.29, 1.82) is 5.26 Å². The fourth-order valence-electron chi connectivity index (χ4n) is 4.80. The average Bonchev–Trinajstić information content (AvgIpc) is 3.30. The van der Waals surface area contributed by atoms with Gasteiger partial charge in [0.1, 0.15) is 21.6 Å². The highest BCUT2D eigenvalue weighted by molar-refractivity contribution is 7.91. The summed E-state index contributed by atoms with van der Waals surface area (Å²) >= 11 is 0. The number of carbonyl (C=O) groups is 1. The summed E-state index contributed by atoms with van der Waals surface area (Å²) in [5.74, 6) is -0.590. The first-order valence-corrected chi connectivity index (χ1v) is 14.7. The molecule has 0 spiro atoms. The van der Waals surface area contributed by atoms with Crippen LogP contribution >= 0.6 is 0 Å². The molecule has 0 aliphatic heterocycles. The number of amides is 1. The van der Waals surface area contributed by atoms with Crippen LogP contribution < -0.4 is 4.74 Å². The van der Waals surface area contributed by atoms with Crippen LogP contribution in [-0.4, -0.2) is 82.3 Å². The predicted octanol–water partition coefficient (Wildman–Crippen LogP) is 3.46. The predicted molar refractivity (Wildman–Crippen MR) is 140 cm³/mol. The Bertz CT molecular complexity index is 1390. The molecule has 0 radical (unpaired) electrons. The number of nitriles is 1. The fourth-order valence-corrected chi connectivity index (χ4v) is 5.89. The third kappa shape index (κ3) is 6.75. The van der Waals surface area contributed by atoms with Crippen LogP contribution in [0.2, 0.25) is 0 Å². The van der Waals surface area contributed by atoms with Gasteiger partial charge in [-0.2, -0.15) is 18.4 Å². The van der Waals surface area contributed by atoms with Crippen LogP contribution in [0.25, 0.3) is 5.82 Å². The zero-order valence-corrected chi connectivity index (χ0v) is 23.9. The molecule has 0 atom stereocenters. The molecule has 3 rings (SSSR count). The molecule has 1 N–H and O–H groups in total. The highest BCUT2D eigenvalue weighted by atomic mass is 32.2. The van der Waals surface area contributed by atoms with E-state index in [9.17, 15) is 36.8 Å². The lowest BCUT2D eigenvalue weighted by Crippen LogP contribution is -2.49. The number of sulfone groups is 1. The molecule has 10 nitrogen and oxygen atoms in total. The maximum Gasteiger partial charge on any atom is 0.394 e. The number of rotatable bonds is 9. The van der Waals surface area contributed by atoms with Crippen LogP contribution in [0, 0.1) is 16.7 Å². The van der Waals surface area contributed by atoms with Crippen molar-refractivity contribution < 1.29 is 36.2 Å². The van der Waals surface area contributed by atoms with E-state index in [1.54, 1.807) is 6.92 Å². The molecule has 1 fully saturated rings. The first-order valence-electron chi connectivity index (χ1n) is 12.7. The smallest absolute Gasteiger partial charge is 0.394 e. The largest absolute Gasteiger partial charge is 0.493 e. The molecule has 0 aromatic carbocycles. The van der Waals surface area contributed by atoms with Crippen LogP contribution in [0.3, 0.4) is 0 Å². The Labute approximate surface area is 231 Å². The normalized spacial score (nSPS) is 20.1. The van der Waals surface area contributed by atoms with E-state index in [1.807, 2.05) is 6.07 Å². The van der Waals surface area contributed by atoms with Crippen molar-refractivity contribution >= 4 is 15.7 Å². The number of carbonyl (C=O) groups excluding carboxylic acids is 1. The first kappa shape index (κ1) is 31.3. The molecule has 1 saturated carbocycles. The van der Waals surface area contributed by atoms with Crippen molar-refractivity contribution in [1.82, 2.24) is 19.4 Å². The zero-order valence-electron chi connectivity index (χ0n) is 23.1. The number of hydrogen-bond acceptors (Lipinski definition) is 8. The van der Waals surface area contributed by atoms with Gasteiger partial charge in [-0.25, -0.2) is 18.4 Å². The van der Waals surface area contributed by atoms with Gasteiger partial charge in [0, 0.05) is 31.7 Å². The summed E-state index contributed by atoms with van der Waals surface area (Å²) in [6.07, 6.45) is -0.0569. The van der Waals surface area contributed by atoms with E-state index >= 15 is 0 Å². The number of halogens is 3.